The smallest absolute Gasteiger partial charge is 0.173 e. The van der Waals surface area contributed by atoms with Crippen molar-refractivity contribution >= 4 is 16.7 Å². The summed E-state index contributed by atoms with van der Waals surface area (Å²) >= 11 is 0. The molecule has 4 heteroatoms. The highest BCUT2D eigenvalue weighted by Gasteiger charge is 2.30. The van der Waals surface area contributed by atoms with Crippen molar-refractivity contribution in [2.45, 2.75) is 6.42 Å². The molecule has 0 aliphatic carbocycles. The predicted molar refractivity (Wildman–Crippen MR) is 88.3 cm³/mol. The molecule has 4 rings (SSSR count). The number of methoxy groups -OCH3 is 1. The summed E-state index contributed by atoms with van der Waals surface area (Å²) < 4.78 is 11.0. The van der Waals surface area contributed by atoms with Gasteiger partial charge in [-0.15, -0.1) is 0 Å². The molecule has 0 spiro atoms. The molecule has 2 heterocycles. The number of ketones is 1. The van der Waals surface area contributed by atoms with E-state index < -0.39 is 0 Å². The van der Waals surface area contributed by atoms with E-state index in [9.17, 15) is 4.79 Å². The van der Waals surface area contributed by atoms with E-state index in [1.807, 2.05) is 30.5 Å². The topological polar surface area (TPSA) is 51.3 Å². The fourth-order valence-electron chi connectivity index (χ4n) is 3.16. The van der Waals surface area contributed by atoms with Crippen molar-refractivity contribution in [2.75, 3.05) is 13.7 Å². The molecular weight excluding hydrogens is 290 g/mol. The lowest BCUT2D eigenvalue weighted by Crippen LogP contribution is -2.29. The quantitative estimate of drug-likeness (QED) is 0.804. The van der Waals surface area contributed by atoms with Crippen molar-refractivity contribution in [3.63, 3.8) is 0 Å². The maximum Gasteiger partial charge on any atom is 0.173 e. The Morgan fingerprint density at radius 3 is 3.00 bits per heavy atom. The number of carbonyl (C=O) groups excluding carboxylic acids is 1. The van der Waals surface area contributed by atoms with E-state index in [2.05, 4.69) is 11.1 Å². The number of benzene rings is 2. The molecule has 0 amide bonds. The number of Topliss-reactive ketones (excluding diaryl/α,β-unsaturated/α-hetero) is 1. The van der Waals surface area contributed by atoms with Gasteiger partial charge in [0, 0.05) is 17.1 Å². The first-order chi connectivity index (χ1) is 11.3. The van der Waals surface area contributed by atoms with E-state index in [1.165, 1.54) is 0 Å². The molecule has 0 fully saturated rings. The van der Waals surface area contributed by atoms with Gasteiger partial charge in [-0.25, -0.2) is 0 Å². The van der Waals surface area contributed by atoms with Crippen LogP contribution in [-0.2, 0) is 6.42 Å². The lowest BCUT2D eigenvalue weighted by molar-refractivity contribution is 0.0830. The Bertz CT molecular complexity index is 881. The minimum Gasteiger partial charge on any atom is -0.497 e. The van der Waals surface area contributed by atoms with Gasteiger partial charge in [-0.2, -0.15) is 0 Å². The molecule has 1 unspecified atom stereocenters. The molecular formula is C19H17NO3. The van der Waals surface area contributed by atoms with Crippen LogP contribution in [0.4, 0.5) is 0 Å². The van der Waals surface area contributed by atoms with E-state index in [-0.39, 0.29) is 11.7 Å². The van der Waals surface area contributed by atoms with Crippen LogP contribution in [0, 0.1) is 5.92 Å². The van der Waals surface area contributed by atoms with Gasteiger partial charge in [0.25, 0.3) is 0 Å². The Labute approximate surface area is 134 Å². The standard InChI is InChI=1S/C19H17NO3/c1-22-14-6-7-18-16(9-14)19(21)13(11-23-18)8-12-10-20-17-5-3-2-4-15(12)17/h2-7,9-10,13,20H,8,11H2,1H3. The molecule has 4 nitrogen and oxygen atoms in total. The lowest BCUT2D eigenvalue weighted by atomic mass is 9.89. The Kier molecular flexibility index (Phi) is 3.30. The van der Waals surface area contributed by atoms with Crippen LogP contribution in [0.5, 0.6) is 11.5 Å². The highest BCUT2D eigenvalue weighted by molar-refractivity contribution is 6.02. The summed E-state index contributed by atoms with van der Waals surface area (Å²) in [5, 5.41) is 1.16. The molecule has 0 saturated heterocycles. The van der Waals surface area contributed by atoms with Gasteiger partial charge in [0.2, 0.25) is 0 Å². The summed E-state index contributed by atoms with van der Waals surface area (Å²) in [6.45, 7) is 0.414. The molecule has 1 aliphatic rings. The van der Waals surface area contributed by atoms with Gasteiger partial charge in [0.1, 0.15) is 11.5 Å². The van der Waals surface area contributed by atoms with Gasteiger partial charge in [0.15, 0.2) is 5.78 Å². The summed E-state index contributed by atoms with van der Waals surface area (Å²) in [5.41, 5.74) is 2.85. The van der Waals surface area contributed by atoms with Crippen LogP contribution in [0.2, 0.25) is 0 Å². The van der Waals surface area contributed by atoms with Crippen LogP contribution in [0.15, 0.2) is 48.7 Å². The van der Waals surface area contributed by atoms with Crippen LogP contribution in [-0.4, -0.2) is 24.5 Å². The first-order valence-corrected chi connectivity index (χ1v) is 7.66. The molecule has 116 valence electrons. The fraction of sp³-hybridized carbons (Fsp3) is 0.211. The van der Waals surface area contributed by atoms with Gasteiger partial charge < -0.3 is 14.5 Å². The predicted octanol–water partition coefficient (Wildman–Crippen LogP) is 3.61. The minimum atomic E-state index is -0.172. The molecule has 0 bridgehead atoms. The average Bonchev–Trinajstić information content (AvgIpc) is 3.00. The minimum absolute atomic E-state index is 0.121. The van der Waals surface area contributed by atoms with Gasteiger partial charge in [-0.3, -0.25) is 4.79 Å². The Morgan fingerprint density at radius 2 is 2.13 bits per heavy atom. The first-order valence-electron chi connectivity index (χ1n) is 7.66. The summed E-state index contributed by atoms with van der Waals surface area (Å²) in [4.78, 5) is 16.1. The van der Waals surface area contributed by atoms with E-state index in [0.29, 0.717) is 30.1 Å². The van der Waals surface area contributed by atoms with Crippen molar-refractivity contribution in [1.29, 1.82) is 0 Å². The fourth-order valence-corrected chi connectivity index (χ4v) is 3.16. The Balaban J connectivity index is 1.64. The molecule has 1 aliphatic heterocycles. The SMILES string of the molecule is COc1ccc2c(c1)C(=O)C(Cc1c[nH]c3ccccc13)CO2. The zero-order valence-electron chi connectivity index (χ0n) is 12.8. The second kappa shape index (κ2) is 5.47. The number of carbonyl (C=O) groups is 1. The number of rotatable bonds is 3. The third kappa shape index (κ3) is 2.36. The largest absolute Gasteiger partial charge is 0.497 e. The highest BCUT2D eigenvalue weighted by Crippen LogP contribution is 2.32. The summed E-state index contributed by atoms with van der Waals surface area (Å²) in [7, 11) is 1.60. The number of nitrogens with one attached hydrogen (secondary N) is 1. The van der Waals surface area contributed by atoms with Crippen LogP contribution >= 0.6 is 0 Å². The van der Waals surface area contributed by atoms with Crippen LogP contribution in [0.1, 0.15) is 15.9 Å². The maximum absolute atomic E-state index is 12.8. The van der Waals surface area contributed by atoms with Gasteiger partial charge in [-0.05, 0) is 36.2 Å². The van der Waals surface area contributed by atoms with Crippen molar-refractivity contribution in [3.05, 3.63) is 59.8 Å². The van der Waals surface area contributed by atoms with E-state index in [4.69, 9.17) is 9.47 Å². The van der Waals surface area contributed by atoms with E-state index >= 15 is 0 Å². The number of para-hydroxylation sites is 1. The first kappa shape index (κ1) is 13.9. The number of hydrogen-bond acceptors (Lipinski definition) is 3. The molecule has 3 aromatic rings. The Hall–Kier alpha value is -2.75. The van der Waals surface area contributed by atoms with Crippen LogP contribution < -0.4 is 9.47 Å². The lowest BCUT2D eigenvalue weighted by Gasteiger charge is -2.24. The number of H-pyrrole nitrogens is 1. The summed E-state index contributed by atoms with van der Waals surface area (Å²) in [6.07, 6.45) is 2.65. The number of aromatic amines is 1. The molecule has 23 heavy (non-hydrogen) atoms. The van der Waals surface area contributed by atoms with Crippen LogP contribution in [0.25, 0.3) is 10.9 Å². The third-order valence-electron chi connectivity index (χ3n) is 4.40. The number of fused-ring (bicyclic) bond motifs is 2. The van der Waals surface area contributed by atoms with Crippen molar-refractivity contribution in [1.82, 2.24) is 4.98 Å². The second-order valence-corrected chi connectivity index (χ2v) is 5.80. The number of hydrogen-bond donors (Lipinski definition) is 1. The van der Waals surface area contributed by atoms with Crippen molar-refractivity contribution in [2.24, 2.45) is 5.92 Å². The third-order valence-corrected chi connectivity index (χ3v) is 4.40. The molecule has 1 atom stereocenters. The second-order valence-electron chi connectivity index (χ2n) is 5.80. The van der Waals surface area contributed by atoms with Crippen LogP contribution in [0.3, 0.4) is 0 Å². The molecule has 1 aromatic heterocycles. The zero-order valence-corrected chi connectivity index (χ0v) is 12.8. The normalized spacial score (nSPS) is 16.9. The Morgan fingerprint density at radius 1 is 1.26 bits per heavy atom. The molecule has 2 aromatic carbocycles. The maximum atomic E-state index is 12.8. The highest BCUT2D eigenvalue weighted by atomic mass is 16.5. The molecule has 1 N–H and O–H groups in total. The zero-order chi connectivity index (χ0) is 15.8. The number of ether oxygens (including phenoxy) is 2. The van der Waals surface area contributed by atoms with E-state index in [0.717, 1.165) is 16.5 Å². The van der Waals surface area contributed by atoms with Gasteiger partial charge >= 0.3 is 0 Å². The monoisotopic (exact) mass is 307 g/mol. The van der Waals surface area contributed by atoms with Gasteiger partial charge in [0.05, 0.1) is 25.2 Å². The van der Waals surface area contributed by atoms with Gasteiger partial charge in [-0.1, -0.05) is 18.2 Å². The summed E-state index contributed by atoms with van der Waals surface area (Å²) in [6, 6.07) is 13.5. The van der Waals surface area contributed by atoms with Crippen molar-refractivity contribution < 1.29 is 14.3 Å². The average molecular weight is 307 g/mol. The molecule has 0 radical (unpaired) electrons. The number of aromatic nitrogens is 1. The summed E-state index contributed by atoms with van der Waals surface area (Å²) in [5.74, 6) is 1.27. The molecule has 0 saturated carbocycles. The van der Waals surface area contributed by atoms with E-state index in [1.54, 1.807) is 19.2 Å². The van der Waals surface area contributed by atoms with Crippen molar-refractivity contribution in [3.8, 4) is 11.5 Å².